The summed E-state index contributed by atoms with van der Waals surface area (Å²) in [5.41, 5.74) is 1.14. The predicted molar refractivity (Wildman–Crippen MR) is 95.3 cm³/mol. The Balaban J connectivity index is 0.00000136. The molecule has 0 amide bonds. The average Bonchev–Trinajstić information content (AvgIpc) is 3.13. The van der Waals surface area contributed by atoms with Crippen molar-refractivity contribution in [1.29, 1.82) is 0 Å². The van der Waals surface area contributed by atoms with Crippen LogP contribution in [0.4, 0.5) is 8.78 Å². The second kappa shape index (κ2) is 10.3. The average molecular weight is 391 g/mol. The maximum atomic E-state index is 13.5. The molecule has 1 aliphatic rings. The third-order valence-electron chi connectivity index (χ3n) is 4.02. The zero-order valence-corrected chi connectivity index (χ0v) is 15.0. The van der Waals surface area contributed by atoms with Gasteiger partial charge in [-0.25, -0.2) is 18.4 Å². The molecule has 1 atom stereocenters. The van der Waals surface area contributed by atoms with Crippen LogP contribution in [0.5, 0.6) is 5.75 Å². The lowest BCUT2D eigenvalue weighted by molar-refractivity contribution is -0.165. The monoisotopic (exact) mass is 391 g/mol. The van der Waals surface area contributed by atoms with E-state index < -0.39 is 35.4 Å². The number of hydrogen-bond donors (Lipinski definition) is 0. The largest absolute Gasteiger partial charge is 0.453 e. The Morgan fingerprint density at radius 3 is 2.46 bits per heavy atom. The van der Waals surface area contributed by atoms with Crippen molar-refractivity contribution in [2.45, 2.75) is 19.1 Å². The molecule has 0 saturated carbocycles. The van der Waals surface area contributed by atoms with Gasteiger partial charge in [-0.1, -0.05) is 30.3 Å². The second-order valence-corrected chi connectivity index (χ2v) is 6.00. The van der Waals surface area contributed by atoms with Crippen molar-refractivity contribution < 1.29 is 32.6 Å². The quantitative estimate of drug-likeness (QED) is 0.453. The summed E-state index contributed by atoms with van der Waals surface area (Å²) in [7, 11) is 0. The fourth-order valence-corrected chi connectivity index (χ4v) is 2.78. The van der Waals surface area contributed by atoms with Crippen LogP contribution in [-0.4, -0.2) is 42.8 Å². The van der Waals surface area contributed by atoms with E-state index in [4.69, 9.17) is 9.53 Å². The lowest BCUT2D eigenvalue weighted by Gasteiger charge is -2.16. The molecule has 2 aromatic rings. The van der Waals surface area contributed by atoms with Gasteiger partial charge in [-0.05, 0) is 24.1 Å². The number of hydrogen-bond acceptors (Lipinski definition) is 6. The lowest BCUT2D eigenvalue weighted by Crippen LogP contribution is -2.30. The number of esters is 2. The highest BCUT2D eigenvalue weighted by Gasteiger charge is 2.29. The summed E-state index contributed by atoms with van der Waals surface area (Å²) < 4.78 is 36.0. The third kappa shape index (κ3) is 5.95. The molecular formula is C20H19F2NO5. The molecule has 0 aromatic heterocycles. The number of rotatable bonds is 4. The molecule has 28 heavy (non-hydrogen) atoms. The molecule has 0 aliphatic carbocycles. The number of halogens is 2. The molecule has 0 radical (unpaired) electrons. The first kappa shape index (κ1) is 21.2. The molecule has 2 aromatic carbocycles. The minimum Gasteiger partial charge on any atom is -0.453 e. The van der Waals surface area contributed by atoms with E-state index in [-0.39, 0.29) is 0 Å². The summed E-state index contributed by atoms with van der Waals surface area (Å²) in [6, 6.07) is 12.3. The van der Waals surface area contributed by atoms with Gasteiger partial charge in [-0.15, -0.1) is 0 Å². The normalized spacial score (nSPS) is 16.0. The van der Waals surface area contributed by atoms with Crippen LogP contribution in [0.15, 0.2) is 48.5 Å². The predicted octanol–water partition coefficient (Wildman–Crippen LogP) is 2.50. The van der Waals surface area contributed by atoms with Crippen molar-refractivity contribution in [3.63, 3.8) is 0 Å². The Kier molecular flexibility index (Phi) is 7.76. The molecule has 0 spiro atoms. The fraction of sp³-hybridized carbons (Fsp3) is 0.250. The molecular weight excluding hydrogens is 372 g/mol. The molecule has 1 aliphatic heterocycles. The van der Waals surface area contributed by atoms with Gasteiger partial charge >= 0.3 is 11.9 Å². The van der Waals surface area contributed by atoms with Gasteiger partial charge in [0.05, 0.1) is 0 Å². The Hall–Kier alpha value is -3.13. The summed E-state index contributed by atoms with van der Waals surface area (Å²) in [6.45, 7) is 3.95. The molecule has 1 unspecified atom stereocenters. The zero-order valence-electron chi connectivity index (χ0n) is 15.0. The summed E-state index contributed by atoms with van der Waals surface area (Å²) in [6.07, 6.45) is 0.161. The van der Waals surface area contributed by atoms with E-state index in [1.807, 2.05) is 37.1 Å². The highest BCUT2D eigenvalue weighted by Crippen LogP contribution is 2.19. The fourth-order valence-electron chi connectivity index (χ4n) is 2.78. The Labute approximate surface area is 160 Å². The number of carbonyl (C=O) groups is 3. The summed E-state index contributed by atoms with van der Waals surface area (Å²) in [4.78, 5) is 33.7. The molecule has 6 nitrogen and oxygen atoms in total. The molecule has 1 saturated heterocycles. The molecule has 3 rings (SSSR count). The van der Waals surface area contributed by atoms with Gasteiger partial charge in [-0.2, -0.15) is 0 Å². The van der Waals surface area contributed by atoms with Crippen LogP contribution in [-0.2, 0) is 25.7 Å². The minimum atomic E-state index is -1.34. The van der Waals surface area contributed by atoms with E-state index in [9.17, 15) is 18.4 Å². The third-order valence-corrected chi connectivity index (χ3v) is 4.02. The molecule has 0 N–H and O–H groups in total. The van der Waals surface area contributed by atoms with E-state index in [1.54, 1.807) is 0 Å². The summed E-state index contributed by atoms with van der Waals surface area (Å²) >= 11 is 0. The van der Waals surface area contributed by atoms with Gasteiger partial charge < -0.3 is 14.3 Å². The van der Waals surface area contributed by atoms with Gasteiger partial charge in [0.2, 0.25) is 0 Å². The van der Waals surface area contributed by atoms with Crippen LogP contribution in [0, 0.1) is 11.6 Å². The van der Waals surface area contributed by atoms with Gasteiger partial charge in [0.15, 0.2) is 11.6 Å². The SMILES string of the molecule is C=O.O=C(Oc1ccc(F)cc1F)C(=O)OC1CCN(Cc2ccccc2)C1. The van der Waals surface area contributed by atoms with E-state index in [1.165, 1.54) is 0 Å². The van der Waals surface area contributed by atoms with Crippen molar-refractivity contribution in [3.05, 3.63) is 65.7 Å². The number of nitrogens with zero attached hydrogens (tertiary/aromatic N) is 1. The first-order valence-corrected chi connectivity index (χ1v) is 8.44. The Morgan fingerprint density at radius 1 is 1.07 bits per heavy atom. The summed E-state index contributed by atoms with van der Waals surface area (Å²) in [5, 5.41) is 0. The Bertz CT molecular complexity index is 815. The van der Waals surface area contributed by atoms with Crippen molar-refractivity contribution >= 4 is 18.7 Å². The lowest BCUT2D eigenvalue weighted by atomic mass is 10.2. The molecule has 1 fully saturated rings. The zero-order chi connectivity index (χ0) is 20.5. The first-order chi connectivity index (χ1) is 13.5. The number of benzene rings is 2. The maximum absolute atomic E-state index is 13.5. The van der Waals surface area contributed by atoms with Crippen LogP contribution >= 0.6 is 0 Å². The first-order valence-electron chi connectivity index (χ1n) is 8.44. The van der Waals surface area contributed by atoms with Gasteiger partial charge in [-0.3, -0.25) is 4.90 Å². The standard InChI is InChI=1S/C19H17F2NO4.CH2O/c20-14-6-7-17(16(21)10-14)26-19(24)18(23)25-15-8-9-22(12-15)11-13-4-2-1-3-5-13;1-2/h1-7,10,15H,8-9,11-12H2;1H2. The van der Waals surface area contributed by atoms with Crippen molar-refractivity contribution in [2.75, 3.05) is 13.1 Å². The van der Waals surface area contributed by atoms with Gasteiger partial charge in [0, 0.05) is 25.7 Å². The minimum absolute atomic E-state index is 0.433. The van der Waals surface area contributed by atoms with Crippen LogP contribution < -0.4 is 4.74 Å². The number of likely N-dealkylation sites (tertiary alicyclic amines) is 1. The van der Waals surface area contributed by atoms with E-state index >= 15 is 0 Å². The van der Waals surface area contributed by atoms with E-state index in [0.717, 1.165) is 30.8 Å². The topological polar surface area (TPSA) is 72.9 Å². The van der Waals surface area contributed by atoms with Crippen molar-refractivity contribution in [3.8, 4) is 5.75 Å². The van der Waals surface area contributed by atoms with Crippen molar-refractivity contribution in [1.82, 2.24) is 4.90 Å². The smallest absolute Gasteiger partial charge is 0.422 e. The van der Waals surface area contributed by atoms with Gasteiger partial charge in [0.25, 0.3) is 0 Å². The van der Waals surface area contributed by atoms with E-state index in [2.05, 4.69) is 9.64 Å². The van der Waals surface area contributed by atoms with Gasteiger partial charge in [0.1, 0.15) is 18.7 Å². The van der Waals surface area contributed by atoms with Crippen LogP contribution in [0.3, 0.4) is 0 Å². The van der Waals surface area contributed by atoms with Crippen LogP contribution in [0.25, 0.3) is 0 Å². The number of ether oxygens (including phenoxy) is 2. The van der Waals surface area contributed by atoms with Crippen LogP contribution in [0.1, 0.15) is 12.0 Å². The second-order valence-electron chi connectivity index (χ2n) is 6.00. The maximum Gasteiger partial charge on any atom is 0.422 e. The Morgan fingerprint density at radius 2 is 1.79 bits per heavy atom. The van der Waals surface area contributed by atoms with Crippen molar-refractivity contribution in [2.24, 2.45) is 0 Å². The highest BCUT2D eigenvalue weighted by atomic mass is 19.1. The molecule has 0 bridgehead atoms. The molecule has 1 heterocycles. The summed E-state index contributed by atoms with van der Waals surface area (Å²) in [5.74, 6) is -4.93. The van der Waals surface area contributed by atoms with Crippen LogP contribution in [0.2, 0.25) is 0 Å². The van der Waals surface area contributed by atoms with E-state index in [0.29, 0.717) is 19.0 Å². The molecule has 8 heteroatoms. The number of carbonyl (C=O) groups excluding carboxylic acids is 3. The molecule has 148 valence electrons. The highest BCUT2D eigenvalue weighted by molar-refractivity contribution is 6.30.